The number of aryl methyl sites for hydroxylation is 1. The second-order valence-electron chi connectivity index (χ2n) is 4.53. The maximum Gasteiger partial charge on any atom is 0.251 e. The van der Waals surface area contributed by atoms with Crippen LogP contribution in [-0.2, 0) is 0 Å². The molecule has 1 heterocycles. The van der Waals surface area contributed by atoms with Crippen molar-refractivity contribution in [2.45, 2.75) is 25.8 Å². The number of carbonyl (C=O) groups is 1. The van der Waals surface area contributed by atoms with Crippen molar-refractivity contribution in [1.29, 1.82) is 0 Å². The molecule has 2 N–H and O–H groups in total. The molecule has 1 atom stereocenters. The first-order chi connectivity index (χ1) is 8.15. The van der Waals surface area contributed by atoms with Crippen LogP contribution in [0.25, 0.3) is 0 Å². The fourth-order valence-electron chi connectivity index (χ4n) is 2.11. The summed E-state index contributed by atoms with van der Waals surface area (Å²) >= 11 is 5.94. The number of rotatable bonds is 2. The first-order valence-corrected chi connectivity index (χ1v) is 6.32. The Labute approximate surface area is 107 Å². The molecule has 0 aromatic heterocycles. The standard InChI is InChI=1S/C13H17ClN2O/c1-9-5-10(7-11(14)6-9)13(17)16-12-3-2-4-15-8-12/h5-7,12,15H,2-4,8H2,1H3,(H,16,17)/t12-/m1/s1. The molecular formula is C13H17ClN2O. The highest BCUT2D eigenvalue weighted by atomic mass is 35.5. The van der Waals surface area contributed by atoms with Gasteiger partial charge in [-0.15, -0.1) is 0 Å². The number of piperidine rings is 1. The summed E-state index contributed by atoms with van der Waals surface area (Å²) in [6.07, 6.45) is 2.15. The maximum absolute atomic E-state index is 12.0. The third kappa shape index (κ3) is 3.45. The van der Waals surface area contributed by atoms with E-state index in [9.17, 15) is 4.79 Å². The summed E-state index contributed by atoms with van der Waals surface area (Å²) in [5.41, 5.74) is 1.64. The molecule has 1 fully saturated rings. The molecule has 2 rings (SSSR count). The van der Waals surface area contributed by atoms with E-state index in [4.69, 9.17) is 11.6 Å². The molecule has 0 radical (unpaired) electrons. The third-order valence-electron chi connectivity index (χ3n) is 2.94. The molecule has 0 saturated carbocycles. The quantitative estimate of drug-likeness (QED) is 0.847. The zero-order chi connectivity index (χ0) is 12.3. The zero-order valence-corrected chi connectivity index (χ0v) is 10.7. The molecule has 0 unspecified atom stereocenters. The molecule has 17 heavy (non-hydrogen) atoms. The summed E-state index contributed by atoms with van der Waals surface area (Å²) < 4.78 is 0. The van der Waals surface area contributed by atoms with Gasteiger partial charge in [0.15, 0.2) is 0 Å². The Bertz CT molecular complexity index is 394. The Morgan fingerprint density at radius 2 is 2.29 bits per heavy atom. The second-order valence-corrected chi connectivity index (χ2v) is 4.97. The van der Waals surface area contributed by atoms with Gasteiger partial charge in [0.2, 0.25) is 0 Å². The number of nitrogens with one attached hydrogen (secondary N) is 2. The van der Waals surface area contributed by atoms with Crippen LogP contribution >= 0.6 is 11.6 Å². The predicted molar refractivity (Wildman–Crippen MR) is 69.5 cm³/mol. The maximum atomic E-state index is 12.0. The van der Waals surface area contributed by atoms with Gasteiger partial charge in [0.05, 0.1) is 0 Å². The van der Waals surface area contributed by atoms with Crippen molar-refractivity contribution in [3.05, 3.63) is 34.3 Å². The molecule has 3 nitrogen and oxygen atoms in total. The molecule has 0 bridgehead atoms. The van der Waals surface area contributed by atoms with E-state index in [0.29, 0.717) is 10.6 Å². The molecular weight excluding hydrogens is 236 g/mol. The number of hydrogen-bond donors (Lipinski definition) is 2. The molecule has 92 valence electrons. The Hall–Kier alpha value is -1.06. The third-order valence-corrected chi connectivity index (χ3v) is 3.15. The van der Waals surface area contributed by atoms with Crippen LogP contribution in [0.5, 0.6) is 0 Å². The number of halogens is 1. The van der Waals surface area contributed by atoms with Crippen LogP contribution in [0.2, 0.25) is 5.02 Å². The SMILES string of the molecule is Cc1cc(Cl)cc(C(=O)N[C@@H]2CCCNC2)c1. The molecule has 1 aromatic rings. The van der Waals surface area contributed by atoms with Crippen LogP contribution in [0, 0.1) is 6.92 Å². The zero-order valence-electron chi connectivity index (χ0n) is 9.92. The monoisotopic (exact) mass is 252 g/mol. The second kappa shape index (κ2) is 5.52. The fourth-order valence-corrected chi connectivity index (χ4v) is 2.40. The van der Waals surface area contributed by atoms with Gasteiger partial charge in [-0.1, -0.05) is 11.6 Å². The molecule has 0 spiro atoms. The summed E-state index contributed by atoms with van der Waals surface area (Å²) in [4.78, 5) is 12.0. The summed E-state index contributed by atoms with van der Waals surface area (Å²) in [6.45, 7) is 3.83. The average Bonchev–Trinajstić information content (AvgIpc) is 2.29. The number of benzene rings is 1. The van der Waals surface area contributed by atoms with Crippen molar-refractivity contribution in [3.8, 4) is 0 Å². The Kier molecular flexibility index (Phi) is 4.02. The van der Waals surface area contributed by atoms with Crippen LogP contribution in [-0.4, -0.2) is 25.0 Å². The van der Waals surface area contributed by atoms with E-state index in [-0.39, 0.29) is 11.9 Å². The van der Waals surface area contributed by atoms with E-state index in [2.05, 4.69) is 10.6 Å². The van der Waals surface area contributed by atoms with E-state index in [1.807, 2.05) is 19.1 Å². The van der Waals surface area contributed by atoms with E-state index in [1.54, 1.807) is 6.07 Å². The number of carbonyl (C=O) groups excluding carboxylic acids is 1. The van der Waals surface area contributed by atoms with E-state index in [0.717, 1.165) is 31.5 Å². The average molecular weight is 253 g/mol. The number of hydrogen-bond acceptors (Lipinski definition) is 2. The van der Waals surface area contributed by atoms with Gasteiger partial charge in [0.25, 0.3) is 5.91 Å². The first-order valence-electron chi connectivity index (χ1n) is 5.94. The normalized spacial score (nSPS) is 20.0. The van der Waals surface area contributed by atoms with E-state index >= 15 is 0 Å². The van der Waals surface area contributed by atoms with Crippen LogP contribution in [0.3, 0.4) is 0 Å². The first kappa shape index (κ1) is 12.4. The molecule has 1 saturated heterocycles. The minimum absolute atomic E-state index is 0.0377. The highest BCUT2D eigenvalue weighted by Crippen LogP contribution is 2.15. The highest BCUT2D eigenvalue weighted by Gasteiger charge is 2.16. The lowest BCUT2D eigenvalue weighted by Gasteiger charge is -2.23. The topological polar surface area (TPSA) is 41.1 Å². The van der Waals surface area contributed by atoms with Gasteiger partial charge in [-0.3, -0.25) is 4.79 Å². The van der Waals surface area contributed by atoms with Crippen LogP contribution in [0.4, 0.5) is 0 Å². The van der Waals surface area contributed by atoms with Gasteiger partial charge in [-0.05, 0) is 50.1 Å². The van der Waals surface area contributed by atoms with Crippen molar-refractivity contribution < 1.29 is 4.79 Å². The van der Waals surface area contributed by atoms with Crippen LogP contribution in [0.15, 0.2) is 18.2 Å². The molecule has 1 aliphatic rings. The van der Waals surface area contributed by atoms with Gasteiger partial charge in [-0.2, -0.15) is 0 Å². The van der Waals surface area contributed by atoms with Crippen LogP contribution in [0.1, 0.15) is 28.8 Å². The van der Waals surface area contributed by atoms with E-state index in [1.165, 1.54) is 0 Å². The van der Waals surface area contributed by atoms with Crippen molar-refractivity contribution in [2.75, 3.05) is 13.1 Å². The molecule has 0 aliphatic carbocycles. The fraction of sp³-hybridized carbons (Fsp3) is 0.462. The lowest BCUT2D eigenvalue weighted by atomic mass is 10.1. The molecule has 1 aromatic carbocycles. The minimum Gasteiger partial charge on any atom is -0.348 e. The Morgan fingerprint density at radius 1 is 1.47 bits per heavy atom. The predicted octanol–water partition coefficient (Wildman–Crippen LogP) is 2.13. The lowest BCUT2D eigenvalue weighted by Crippen LogP contribution is -2.45. The van der Waals surface area contributed by atoms with E-state index < -0.39 is 0 Å². The highest BCUT2D eigenvalue weighted by molar-refractivity contribution is 6.31. The van der Waals surface area contributed by atoms with Crippen molar-refractivity contribution >= 4 is 17.5 Å². The van der Waals surface area contributed by atoms with Crippen molar-refractivity contribution in [1.82, 2.24) is 10.6 Å². The van der Waals surface area contributed by atoms with Gasteiger partial charge in [0.1, 0.15) is 0 Å². The van der Waals surface area contributed by atoms with Gasteiger partial charge < -0.3 is 10.6 Å². The summed E-state index contributed by atoms with van der Waals surface area (Å²) in [5.74, 6) is -0.0377. The lowest BCUT2D eigenvalue weighted by molar-refractivity contribution is 0.0930. The Balaban J connectivity index is 2.03. The Morgan fingerprint density at radius 3 is 2.94 bits per heavy atom. The largest absolute Gasteiger partial charge is 0.348 e. The molecule has 4 heteroatoms. The smallest absolute Gasteiger partial charge is 0.251 e. The summed E-state index contributed by atoms with van der Waals surface area (Å²) in [7, 11) is 0. The number of amides is 1. The van der Waals surface area contributed by atoms with Crippen molar-refractivity contribution in [3.63, 3.8) is 0 Å². The van der Waals surface area contributed by atoms with Gasteiger partial charge in [-0.25, -0.2) is 0 Å². The van der Waals surface area contributed by atoms with Gasteiger partial charge >= 0.3 is 0 Å². The summed E-state index contributed by atoms with van der Waals surface area (Å²) in [6, 6.07) is 5.65. The molecule has 1 amide bonds. The minimum atomic E-state index is -0.0377. The van der Waals surface area contributed by atoms with Crippen LogP contribution < -0.4 is 10.6 Å². The molecule has 1 aliphatic heterocycles. The summed E-state index contributed by atoms with van der Waals surface area (Å²) in [5, 5.41) is 6.91. The van der Waals surface area contributed by atoms with Gasteiger partial charge in [0, 0.05) is 23.2 Å². The van der Waals surface area contributed by atoms with Crippen molar-refractivity contribution in [2.24, 2.45) is 0 Å².